The van der Waals surface area contributed by atoms with Gasteiger partial charge in [-0.2, -0.15) is 0 Å². The zero-order chi connectivity index (χ0) is 13.9. The molecular weight excluding hydrogens is 204 g/mol. The molecule has 0 N–H and O–H groups in total. The lowest BCUT2D eigenvalue weighted by atomic mass is 9.74. The highest BCUT2D eigenvalue weighted by atomic mass is 14.3. The summed E-state index contributed by atoms with van der Waals surface area (Å²) in [5, 5.41) is 0. The van der Waals surface area contributed by atoms with Crippen molar-refractivity contribution in [2.24, 2.45) is 5.41 Å². The fourth-order valence-corrected chi connectivity index (χ4v) is 1.94. The Balaban J connectivity index is 0. The Morgan fingerprint density at radius 3 is 1.82 bits per heavy atom. The molecule has 0 spiro atoms. The summed E-state index contributed by atoms with van der Waals surface area (Å²) in [6, 6.07) is 0. The molecule has 0 aromatic rings. The van der Waals surface area contributed by atoms with Crippen LogP contribution in [0.4, 0.5) is 0 Å². The Morgan fingerprint density at radius 2 is 1.53 bits per heavy atom. The largest absolute Gasteiger partial charge is 0.0999 e. The molecule has 0 aliphatic heterocycles. The third-order valence-corrected chi connectivity index (χ3v) is 3.57. The van der Waals surface area contributed by atoms with Crippen LogP contribution in [0, 0.1) is 5.41 Å². The number of allylic oxidation sites excluding steroid dienone is 3. The fourth-order valence-electron chi connectivity index (χ4n) is 1.94. The van der Waals surface area contributed by atoms with Crippen LogP contribution in [0.15, 0.2) is 23.8 Å². The van der Waals surface area contributed by atoms with Crippen molar-refractivity contribution in [1.82, 2.24) is 0 Å². The molecule has 0 radical (unpaired) electrons. The van der Waals surface area contributed by atoms with E-state index in [2.05, 4.69) is 47.3 Å². The molecule has 0 aliphatic rings. The van der Waals surface area contributed by atoms with E-state index >= 15 is 0 Å². The Hall–Kier alpha value is -0.520. The van der Waals surface area contributed by atoms with E-state index < -0.39 is 0 Å². The smallest absolute Gasteiger partial charge is 0.0231 e. The molecular formula is C17H34. The second-order valence-corrected chi connectivity index (χ2v) is 4.97. The van der Waals surface area contributed by atoms with Gasteiger partial charge in [0.25, 0.3) is 0 Å². The van der Waals surface area contributed by atoms with Crippen LogP contribution in [0.25, 0.3) is 0 Å². The van der Waals surface area contributed by atoms with Crippen molar-refractivity contribution in [3.63, 3.8) is 0 Å². The molecule has 0 aromatic heterocycles. The van der Waals surface area contributed by atoms with Crippen LogP contribution in [0.1, 0.15) is 80.6 Å². The molecule has 17 heavy (non-hydrogen) atoms. The van der Waals surface area contributed by atoms with Crippen molar-refractivity contribution in [2.45, 2.75) is 80.6 Å². The van der Waals surface area contributed by atoms with Gasteiger partial charge < -0.3 is 0 Å². The Morgan fingerprint density at radius 1 is 1.06 bits per heavy atom. The number of hydrogen-bond donors (Lipinski definition) is 0. The average Bonchev–Trinajstić information content (AvgIpc) is 2.36. The minimum atomic E-state index is 0.463. The Bertz CT molecular complexity index is 212. The van der Waals surface area contributed by atoms with Crippen molar-refractivity contribution >= 4 is 0 Å². The highest BCUT2D eigenvalue weighted by Gasteiger charge is 2.25. The molecule has 0 saturated heterocycles. The molecule has 0 aromatic carbocycles. The monoisotopic (exact) mass is 238 g/mol. The van der Waals surface area contributed by atoms with Gasteiger partial charge in [0.15, 0.2) is 0 Å². The van der Waals surface area contributed by atoms with E-state index in [1.807, 2.05) is 13.8 Å². The average molecular weight is 238 g/mol. The van der Waals surface area contributed by atoms with E-state index in [0.29, 0.717) is 5.41 Å². The van der Waals surface area contributed by atoms with Crippen molar-refractivity contribution in [3.05, 3.63) is 23.8 Å². The van der Waals surface area contributed by atoms with E-state index in [9.17, 15) is 0 Å². The summed E-state index contributed by atoms with van der Waals surface area (Å²) in [4.78, 5) is 0. The lowest BCUT2D eigenvalue weighted by Crippen LogP contribution is -2.18. The summed E-state index contributed by atoms with van der Waals surface area (Å²) in [5.74, 6) is 0. The van der Waals surface area contributed by atoms with Crippen molar-refractivity contribution in [1.29, 1.82) is 0 Å². The van der Waals surface area contributed by atoms with Gasteiger partial charge in [0, 0.05) is 0 Å². The van der Waals surface area contributed by atoms with E-state index in [4.69, 9.17) is 0 Å². The number of hydrogen-bond acceptors (Lipinski definition) is 0. The summed E-state index contributed by atoms with van der Waals surface area (Å²) in [7, 11) is 0. The van der Waals surface area contributed by atoms with Crippen LogP contribution in [0.3, 0.4) is 0 Å². The Labute approximate surface area is 110 Å². The predicted molar refractivity (Wildman–Crippen MR) is 82.5 cm³/mol. The van der Waals surface area contributed by atoms with Gasteiger partial charge in [0.1, 0.15) is 0 Å². The molecule has 0 nitrogen and oxygen atoms in total. The van der Waals surface area contributed by atoms with E-state index in [1.165, 1.54) is 36.8 Å². The van der Waals surface area contributed by atoms with Gasteiger partial charge >= 0.3 is 0 Å². The van der Waals surface area contributed by atoms with Gasteiger partial charge in [-0.25, -0.2) is 0 Å². The van der Waals surface area contributed by atoms with Crippen LogP contribution in [0.2, 0.25) is 0 Å². The molecule has 0 heterocycles. The van der Waals surface area contributed by atoms with Crippen LogP contribution >= 0.6 is 0 Å². The summed E-state index contributed by atoms with van der Waals surface area (Å²) >= 11 is 0. The first-order chi connectivity index (χ1) is 7.99. The molecule has 0 aliphatic carbocycles. The SMILES string of the molecule is C=C(CC)CC(CC)(CC)CC=C(C)C.CC. The second-order valence-electron chi connectivity index (χ2n) is 4.97. The lowest BCUT2D eigenvalue weighted by Gasteiger charge is -2.31. The maximum atomic E-state index is 4.16. The molecule has 0 heteroatoms. The number of rotatable bonds is 7. The first-order valence-corrected chi connectivity index (χ1v) is 7.29. The van der Waals surface area contributed by atoms with Gasteiger partial charge in [-0.3, -0.25) is 0 Å². The quantitative estimate of drug-likeness (QED) is 0.442. The zero-order valence-electron chi connectivity index (χ0n) is 13.3. The first kappa shape index (κ1) is 18.8. The van der Waals surface area contributed by atoms with Gasteiger partial charge in [-0.1, -0.05) is 58.4 Å². The fraction of sp³-hybridized carbons (Fsp3) is 0.765. The third kappa shape index (κ3) is 8.24. The topological polar surface area (TPSA) is 0 Å². The maximum absolute atomic E-state index is 4.16. The third-order valence-electron chi connectivity index (χ3n) is 3.57. The lowest BCUT2D eigenvalue weighted by molar-refractivity contribution is 0.260. The van der Waals surface area contributed by atoms with Crippen molar-refractivity contribution < 1.29 is 0 Å². The Kier molecular flexibility index (Phi) is 11.8. The summed E-state index contributed by atoms with van der Waals surface area (Å²) < 4.78 is 0. The summed E-state index contributed by atoms with van der Waals surface area (Å²) in [6.45, 7) is 19.4. The molecule has 0 saturated carbocycles. The highest BCUT2D eigenvalue weighted by molar-refractivity contribution is 5.04. The second kappa shape index (κ2) is 10.6. The van der Waals surface area contributed by atoms with E-state index in [-0.39, 0.29) is 0 Å². The normalized spacial score (nSPS) is 10.3. The van der Waals surface area contributed by atoms with Crippen LogP contribution < -0.4 is 0 Å². The van der Waals surface area contributed by atoms with E-state index in [1.54, 1.807) is 0 Å². The van der Waals surface area contributed by atoms with Gasteiger partial charge in [-0.05, 0) is 51.4 Å². The van der Waals surface area contributed by atoms with E-state index in [0.717, 1.165) is 6.42 Å². The zero-order valence-corrected chi connectivity index (χ0v) is 13.3. The van der Waals surface area contributed by atoms with Crippen LogP contribution in [0.5, 0.6) is 0 Å². The predicted octanol–water partition coefficient (Wildman–Crippen LogP) is 6.53. The van der Waals surface area contributed by atoms with Gasteiger partial charge in [0.2, 0.25) is 0 Å². The molecule has 102 valence electrons. The molecule has 0 rings (SSSR count). The van der Waals surface area contributed by atoms with Gasteiger partial charge in [0.05, 0.1) is 0 Å². The molecule has 0 amide bonds. The standard InChI is InChI=1S/C15H28.C2H6/c1-7-14(6)12-15(8-2,9-3)11-10-13(4)5;1-2/h10H,6-9,11-12H2,1-5H3;1-2H3. The summed E-state index contributed by atoms with van der Waals surface area (Å²) in [5.41, 5.74) is 3.30. The van der Waals surface area contributed by atoms with Crippen LogP contribution in [-0.4, -0.2) is 0 Å². The molecule has 0 bridgehead atoms. The minimum absolute atomic E-state index is 0.463. The van der Waals surface area contributed by atoms with Gasteiger partial charge in [-0.15, -0.1) is 0 Å². The first-order valence-electron chi connectivity index (χ1n) is 7.29. The minimum Gasteiger partial charge on any atom is -0.0999 e. The highest BCUT2D eigenvalue weighted by Crippen LogP contribution is 2.38. The summed E-state index contributed by atoms with van der Waals surface area (Å²) in [6.07, 6.45) is 8.42. The maximum Gasteiger partial charge on any atom is -0.0231 e. The van der Waals surface area contributed by atoms with Crippen molar-refractivity contribution in [3.8, 4) is 0 Å². The molecule has 0 fully saturated rings. The molecule has 0 unspecified atom stereocenters. The van der Waals surface area contributed by atoms with Crippen molar-refractivity contribution in [2.75, 3.05) is 0 Å². The van der Waals surface area contributed by atoms with Crippen LogP contribution in [-0.2, 0) is 0 Å². The molecule has 0 atom stereocenters.